The molecule has 0 N–H and O–H groups in total. The minimum atomic E-state index is 0.991. The summed E-state index contributed by atoms with van der Waals surface area (Å²) >= 11 is 0. The highest BCUT2D eigenvalue weighted by Gasteiger charge is 2.19. The number of benzene rings is 6. The third kappa shape index (κ3) is 3.68. The number of nitrogens with zero attached hydrogens (tertiary/aromatic N) is 2. The topological polar surface area (TPSA) is 7.65 Å². The smallest absolute Gasteiger partial charge is 0.0620 e. The van der Waals surface area contributed by atoms with Gasteiger partial charge in [0.05, 0.1) is 22.2 Å². The van der Waals surface area contributed by atoms with Gasteiger partial charge in [-0.2, -0.15) is 0 Å². The van der Waals surface area contributed by atoms with E-state index in [1.807, 2.05) is 0 Å². The number of para-hydroxylation sites is 2. The quantitative estimate of drug-likeness (QED) is 0.209. The van der Waals surface area contributed by atoms with Crippen LogP contribution in [0, 0.1) is 0 Å². The molecule has 8 aromatic rings. The predicted octanol–water partition coefficient (Wildman–Crippen LogP) is 11.4. The zero-order chi connectivity index (χ0) is 29.2. The van der Waals surface area contributed by atoms with E-state index in [2.05, 4.69) is 174 Å². The van der Waals surface area contributed by atoms with Crippen LogP contribution in [-0.2, 0) is 0 Å². The summed E-state index contributed by atoms with van der Waals surface area (Å²) in [7, 11) is 0. The zero-order valence-corrected chi connectivity index (χ0v) is 24.1. The van der Waals surface area contributed by atoms with E-state index in [9.17, 15) is 0 Å². The first kappa shape index (κ1) is 24.7. The van der Waals surface area contributed by atoms with Crippen LogP contribution in [0.25, 0.3) is 65.9 Å². The van der Waals surface area contributed by atoms with Gasteiger partial charge in [-0.25, -0.2) is 0 Å². The molecule has 1 aliphatic rings. The Kier molecular flexibility index (Phi) is 5.38. The first-order chi connectivity index (χ1) is 21.7. The first-order valence-electron chi connectivity index (χ1n) is 15.0. The molecule has 0 saturated carbocycles. The fourth-order valence-corrected chi connectivity index (χ4v) is 6.94. The van der Waals surface area contributed by atoms with Crippen LogP contribution in [-0.4, -0.2) is 4.40 Å². The van der Waals surface area contributed by atoms with Crippen LogP contribution in [0.4, 0.5) is 11.4 Å². The van der Waals surface area contributed by atoms with Gasteiger partial charge in [-0.15, -0.1) is 0 Å². The van der Waals surface area contributed by atoms with Gasteiger partial charge >= 0.3 is 0 Å². The summed E-state index contributed by atoms with van der Waals surface area (Å²) < 4.78 is 2.43. The Morgan fingerprint density at radius 1 is 0.477 bits per heavy atom. The largest absolute Gasteiger partial charge is 0.317 e. The van der Waals surface area contributed by atoms with Crippen molar-refractivity contribution in [2.24, 2.45) is 0 Å². The molecule has 0 aliphatic carbocycles. The van der Waals surface area contributed by atoms with Gasteiger partial charge in [-0.3, -0.25) is 0 Å². The van der Waals surface area contributed by atoms with E-state index in [4.69, 9.17) is 0 Å². The number of fused-ring (bicyclic) bond motifs is 7. The molecule has 9 rings (SSSR count). The summed E-state index contributed by atoms with van der Waals surface area (Å²) in [6.45, 7) is 4.46. The molecule has 1 aliphatic heterocycles. The Labute approximate surface area is 256 Å². The second-order valence-corrected chi connectivity index (χ2v) is 11.5. The van der Waals surface area contributed by atoms with E-state index in [1.54, 1.807) is 0 Å². The normalized spacial score (nSPS) is 14.7. The molecule has 2 aromatic heterocycles. The summed E-state index contributed by atoms with van der Waals surface area (Å²) in [5, 5.41) is 5.19. The van der Waals surface area contributed by atoms with E-state index >= 15 is 0 Å². The van der Waals surface area contributed by atoms with E-state index in [0.29, 0.717) is 0 Å². The maximum atomic E-state index is 4.46. The first-order valence-corrected chi connectivity index (χ1v) is 15.0. The third-order valence-corrected chi connectivity index (χ3v) is 9.05. The van der Waals surface area contributed by atoms with Crippen LogP contribution in [0.15, 0.2) is 164 Å². The van der Waals surface area contributed by atoms with Gasteiger partial charge in [-0.05, 0) is 76.4 Å². The second kappa shape index (κ2) is 9.58. The highest BCUT2D eigenvalue weighted by Crippen LogP contribution is 2.42. The van der Waals surface area contributed by atoms with Crippen molar-refractivity contribution >= 4 is 55.0 Å². The van der Waals surface area contributed by atoms with Crippen molar-refractivity contribution in [3.05, 3.63) is 170 Å². The number of aromatic nitrogens is 1. The van der Waals surface area contributed by atoms with Crippen LogP contribution in [0.5, 0.6) is 0 Å². The van der Waals surface area contributed by atoms with Crippen molar-refractivity contribution in [1.82, 2.24) is 4.40 Å². The van der Waals surface area contributed by atoms with E-state index < -0.39 is 0 Å². The van der Waals surface area contributed by atoms with Gasteiger partial charge in [0.15, 0.2) is 0 Å². The SMILES string of the molecule is C=C1/C=C\C=C/N(c2ccc(-c3ccccc3)cc2)c2ccc(-c3ccc4c(c3)c3cccc5c6ccccc6n4c53)cc21. The molecule has 44 heavy (non-hydrogen) atoms. The number of allylic oxidation sites excluding steroid dienone is 4. The Morgan fingerprint density at radius 2 is 1.14 bits per heavy atom. The van der Waals surface area contributed by atoms with Gasteiger partial charge in [-0.1, -0.05) is 110 Å². The molecule has 0 spiro atoms. The lowest BCUT2D eigenvalue weighted by Gasteiger charge is -2.26. The van der Waals surface area contributed by atoms with Gasteiger partial charge in [0.1, 0.15) is 0 Å². The molecule has 0 unspecified atom stereocenters. The van der Waals surface area contributed by atoms with Crippen molar-refractivity contribution < 1.29 is 0 Å². The van der Waals surface area contributed by atoms with Gasteiger partial charge in [0.25, 0.3) is 0 Å². The zero-order valence-electron chi connectivity index (χ0n) is 24.1. The number of hydrogen-bond donors (Lipinski definition) is 0. The van der Waals surface area contributed by atoms with Crippen molar-refractivity contribution in [2.45, 2.75) is 0 Å². The van der Waals surface area contributed by atoms with E-state index in [1.165, 1.54) is 60.3 Å². The lowest BCUT2D eigenvalue weighted by molar-refractivity contribution is 1.27. The van der Waals surface area contributed by atoms with Crippen LogP contribution >= 0.6 is 0 Å². The summed E-state index contributed by atoms with van der Waals surface area (Å²) in [4.78, 5) is 2.25. The maximum absolute atomic E-state index is 4.46. The molecule has 3 heterocycles. The number of hydrogen-bond acceptors (Lipinski definition) is 1. The lowest BCUT2D eigenvalue weighted by atomic mass is 9.95. The molecule has 206 valence electrons. The van der Waals surface area contributed by atoms with Crippen molar-refractivity contribution in [3.63, 3.8) is 0 Å². The van der Waals surface area contributed by atoms with Crippen LogP contribution in [0.1, 0.15) is 5.56 Å². The molecule has 0 saturated heterocycles. The van der Waals surface area contributed by atoms with Crippen molar-refractivity contribution in [2.75, 3.05) is 4.90 Å². The molecule has 0 bridgehead atoms. The highest BCUT2D eigenvalue weighted by atomic mass is 15.1. The van der Waals surface area contributed by atoms with Crippen molar-refractivity contribution in [1.29, 1.82) is 0 Å². The molecule has 0 amide bonds. The average molecular weight is 561 g/mol. The Hall–Kier alpha value is -5.86. The molecule has 0 fully saturated rings. The standard InChI is InChI=1S/C42H28N2/c1-28-10-7-8-25-43(33-21-17-30(18-22-33)29-11-3-2-4-12-29)39-23-19-31(26-37(28)39)32-20-24-41-38(27-32)36-15-9-14-35-34-13-5-6-16-40(34)44(41)42(35)36/h2-27H,1H2/b10-7-,25-8-. The highest BCUT2D eigenvalue weighted by molar-refractivity contribution is 6.23. The maximum Gasteiger partial charge on any atom is 0.0620 e. The van der Waals surface area contributed by atoms with Gasteiger partial charge in [0, 0.05) is 39.0 Å². The minimum absolute atomic E-state index is 0.991. The molecule has 0 radical (unpaired) electrons. The summed E-state index contributed by atoms with van der Waals surface area (Å²) in [5.74, 6) is 0. The number of anilines is 2. The average Bonchev–Trinajstić information content (AvgIpc) is 3.60. The van der Waals surface area contributed by atoms with Crippen LogP contribution in [0.2, 0.25) is 0 Å². The monoisotopic (exact) mass is 560 g/mol. The lowest BCUT2D eigenvalue weighted by Crippen LogP contribution is -2.11. The number of rotatable bonds is 3. The van der Waals surface area contributed by atoms with Crippen LogP contribution in [0.3, 0.4) is 0 Å². The predicted molar refractivity (Wildman–Crippen MR) is 188 cm³/mol. The van der Waals surface area contributed by atoms with E-state index in [0.717, 1.165) is 22.5 Å². The third-order valence-electron chi connectivity index (χ3n) is 9.05. The fourth-order valence-electron chi connectivity index (χ4n) is 6.94. The molecular weight excluding hydrogens is 532 g/mol. The summed E-state index contributed by atoms with van der Waals surface area (Å²) in [6.07, 6.45) is 8.37. The fraction of sp³-hybridized carbons (Fsp3) is 0. The Bertz CT molecular complexity index is 2440. The molecule has 6 aromatic carbocycles. The van der Waals surface area contributed by atoms with E-state index in [-0.39, 0.29) is 0 Å². The molecule has 0 atom stereocenters. The summed E-state index contributed by atoms with van der Waals surface area (Å²) in [5.41, 5.74) is 12.9. The van der Waals surface area contributed by atoms with Gasteiger partial charge in [0.2, 0.25) is 0 Å². The molecule has 2 heteroatoms. The molecule has 2 nitrogen and oxygen atoms in total. The second-order valence-electron chi connectivity index (χ2n) is 11.5. The Balaban J connectivity index is 1.16. The minimum Gasteiger partial charge on any atom is -0.317 e. The van der Waals surface area contributed by atoms with Crippen LogP contribution < -0.4 is 4.90 Å². The molecular formula is C42H28N2. The van der Waals surface area contributed by atoms with Crippen molar-refractivity contribution in [3.8, 4) is 22.3 Å². The Morgan fingerprint density at radius 3 is 2.00 bits per heavy atom. The summed E-state index contributed by atoms with van der Waals surface area (Å²) in [6, 6.07) is 48.4. The van der Waals surface area contributed by atoms with Gasteiger partial charge < -0.3 is 9.30 Å².